The van der Waals surface area contributed by atoms with E-state index in [9.17, 15) is 13.0 Å². The molecule has 3 nitrogen and oxygen atoms in total. The van der Waals surface area contributed by atoms with Crippen molar-refractivity contribution in [1.29, 1.82) is 0 Å². The van der Waals surface area contributed by atoms with Crippen LogP contribution in [0.4, 0.5) is 0 Å². The van der Waals surface area contributed by atoms with E-state index in [1.165, 1.54) is 0 Å². The van der Waals surface area contributed by atoms with Gasteiger partial charge in [-0.25, -0.2) is 8.42 Å². The molecule has 0 spiro atoms. The van der Waals surface area contributed by atoms with Gasteiger partial charge in [-0.1, -0.05) is 19.9 Å². The van der Waals surface area contributed by atoms with Crippen molar-refractivity contribution >= 4 is 10.1 Å². The molecule has 0 N–H and O–H groups in total. The molecule has 0 aliphatic rings. The van der Waals surface area contributed by atoms with Crippen molar-refractivity contribution in [2.24, 2.45) is 5.41 Å². The monoisotopic (exact) mass is 200 g/mol. The van der Waals surface area contributed by atoms with E-state index in [1.807, 2.05) is 0 Å². The van der Waals surface area contributed by atoms with Gasteiger partial charge in [-0.15, -0.1) is 6.58 Å². The second-order valence-corrected chi connectivity index (χ2v) is 4.76. The van der Waals surface area contributed by atoms with Crippen molar-refractivity contribution in [3.8, 4) is 0 Å². The Bertz CT molecular complexity index is 231. The maximum absolute atomic E-state index is 10.3. The minimum absolute atomic E-state index is 0. The summed E-state index contributed by atoms with van der Waals surface area (Å²) >= 11 is 0. The average molecular weight is 200 g/mol. The summed E-state index contributed by atoms with van der Waals surface area (Å²) in [6, 6.07) is 0. The zero-order valence-electron chi connectivity index (χ0n) is 7.83. The first kappa shape index (κ1) is 15.1. The van der Waals surface area contributed by atoms with E-state index in [2.05, 4.69) is 6.58 Å². The molecule has 0 aromatic rings. The molecule has 0 amide bonds. The van der Waals surface area contributed by atoms with Crippen LogP contribution in [0.3, 0.4) is 0 Å². The van der Waals surface area contributed by atoms with Gasteiger partial charge in [0, 0.05) is 5.75 Å². The van der Waals surface area contributed by atoms with E-state index < -0.39 is 15.5 Å². The summed E-state index contributed by atoms with van der Waals surface area (Å²) in [5.74, 6) is -0.327. The third-order valence-electron chi connectivity index (χ3n) is 1.26. The van der Waals surface area contributed by atoms with Gasteiger partial charge in [0.2, 0.25) is 0 Å². The topological polar surface area (TPSA) is 57.2 Å². The van der Waals surface area contributed by atoms with Crippen molar-refractivity contribution in [3.63, 3.8) is 0 Å². The fourth-order valence-corrected chi connectivity index (χ4v) is 2.00. The Hall–Kier alpha value is 0.650. The van der Waals surface area contributed by atoms with E-state index in [-0.39, 0.29) is 35.3 Å². The molecule has 0 aliphatic carbocycles. The van der Waals surface area contributed by atoms with Gasteiger partial charge in [-0.05, 0) is 11.8 Å². The van der Waals surface area contributed by atoms with E-state index in [1.54, 1.807) is 19.9 Å². The molecule has 0 saturated carbocycles. The molecule has 12 heavy (non-hydrogen) atoms. The number of hydrogen-bond donors (Lipinski definition) is 0. The molecule has 0 rings (SSSR count). The summed E-state index contributed by atoms with van der Waals surface area (Å²) in [6.07, 6.45) is 2.15. The molecule has 0 aromatic heterocycles. The summed E-state index contributed by atoms with van der Waals surface area (Å²) in [5.41, 5.74) is -0.484. The first-order valence-electron chi connectivity index (χ1n) is 3.31. The smallest absolute Gasteiger partial charge is 0.748 e. The minimum atomic E-state index is -4.10. The van der Waals surface area contributed by atoms with Crippen LogP contribution in [0.5, 0.6) is 0 Å². The second-order valence-electron chi connectivity index (χ2n) is 3.36. The molecule has 0 heterocycles. The van der Waals surface area contributed by atoms with Crippen LogP contribution in [-0.4, -0.2) is 18.7 Å². The van der Waals surface area contributed by atoms with Gasteiger partial charge in [-0.2, -0.15) is 0 Å². The molecular weight excluding hydrogens is 187 g/mol. The number of hydrogen-bond acceptors (Lipinski definition) is 3. The van der Waals surface area contributed by atoms with Gasteiger partial charge in [0.05, 0.1) is 10.1 Å². The molecule has 0 saturated heterocycles. The maximum Gasteiger partial charge on any atom is 1.00 e. The quantitative estimate of drug-likeness (QED) is 0.304. The van der Waals surface area contributed by atoms with E-state index >= 15 is 0 Å². The Balaban J connectivity index is 0. The molecule has 0 unspecified atom stereocenters. The van der Waals surface area contributed by atoms with Crippen molar-refractivity contribution in [1.82, 2.24) is 0 Å². The summed E-state index contributed by atoms with van der Waals surface area (Å²) in [6.45, 7) is 6.93. The number of allylic oxidation sites excluding steroid dienone is 1. The average Bonchev–Trinajstić information content (AvgIpc) is 1.55. The van der Waals surface area contributed by atoms with Crippen LogP contribution in [0, 0.1) is 5.41 Å². The second kappa shape index (κ2) is 5.40. The Morgan fingerprint density at radius 2 is 1.92 bits per heavy atom. The Morgan fingerprint density at radius 1 is 1.50 bits per heavy atom. The van der Waals surface area contributed by atoms with Crippen molar-refractivity contribution in [3.05, 3.63) is 12.7 Å². The van der Waals surface area contributed by atoms with Crippen LogP contribution >= 0.6 is 0 Å². The van der Waals surface area contributed by atoms with E-state index in [0.29, 0.717) is 6.42 Å². The summed E-state index contributed by atoms with van der Waals surface area (Å²) < 4.78 is 31.0. The fraction of sp³-hybridized carbons (Fsp3) is 0.714. The van der Waals surface area contributed by atoms with Crippen LogP contribution in [0.2, 0.25) is 0 Å². The Labute approximate surface area is 96.3 Å². The number of rotatable bonds is 4. The zero-order valence-corrected chi connectivity index (χ0v) is 10.6. The van der Waals surface area contributed by atoms with Gasteiger partial charge < -0.3 is 4.55 Å². The first-order chi connectivity index (χ1) is 4.77. The summed E-state index contributed by atoms with van der Waals surface area (Å²) in [4.78, 5) is 0. The molecule has 0 radical (unpaired) electrons. The fourth-order valence-electron chi connectivity index (χ4n) is 0.928. The van der Waals surface area contributed by atoms with Gasteiger partial charge in [0.15, 0.2) is 0 Å². The van der Waals surface area contributed by atoms with Gasteiger partial charge in [0.1, 0.15) is 0 Å². The predicted octanol–water partition coefficient (Wildman–Crippen LogP) is -1.86. The van der Waals surface area contributed by atoms with Crippen molar-refractivity contribution in [2.75, 3.05) is 5.75 Å². The van der Waals surface area contributed by atoms with Crippen LogP contribution < -0.4 is 29.6 Å². The molecule has 0 bridgehead atoms. The normalized spacial score (nSPS) is 11.9. The van der Waals surface area contributed by atoms with E-state index in [0.717, 1.165) is 0 Å². The van der Waals surface area contributed by atoms with Crippen LogP contribution in [0.25, 0.3) is 0 Å². The standard InChI is InChI=1S/C7H14O3S.Na/c1-4-5-7(2,3)6-11(8,9)10;/h4H,1,5-6H2,2-3H3,(H,8,9,10);/q;+1/p-1. The molecule has 0 aromatic carbocycles. The molecule has 0 aliphatic heterocycles. The van der Waals surface area contributed by atoms with E-state index in [4.69, 9.17) is 0 Å². The molecule has 66 valence electrons. The minimum Gasteiger partial charge on any atom is -0.748 e. The van der Waals surface area contributed by atoms with Gasteiger partial charge >= 0.3 is 29.6 Å². The molecule has 5 heteroatoms. The van der Waals surface area contributed by atoms with Crippen LogP contribution in [-0.2, 0) is 10.1 Å². The maximum atomic E-state index is 10.3. The Morgan fingerprint density at radius 3 is 2.17 bits per heavy atom. The third-order valence-corrected chi connectivity index (χ3v) is 2.40. The van der Waals surface area contributed by atoms with Gasteiger partial charge in [0.25, 0.3) is 0 Å². The molecular formula is C7H13NaO3S. The first-order valence-corrected chi connectivity index (χ1v) is 4.89. The zero-order chi connectivity index (χ0) is 9.12. The molecule has 0 fully saturated rings. The van der Waals surface area contributed by atoms with Crippen molar-refractivity contribution < 1.29 is 42.5 Å². The summed E-state index contributed by atoms with van der Waals surface area (Å²) in [7, 11) is -4.10. The SMILES string of the molecule is C=CCC(C)(C)CS(=O)(=O)[O-].[Na+]. The summed E-state index contributed by atoms with van der Waals surface area (Å²) in [5, 5.41) is 0. The molecule has 0 atom stereocenters. The Kier molecular flexibility index (Phi) is 6.81. The van der Waals surface area contributed by atoms with Crippen molar-refractivity contribution in [2.45, 2.75) is 20.3 Å². The third kappa shape index (κ3) is 8.74. The predicted molar refractivity (Wildman–Crippen MR) is 43.2 cm³/mol. The largest absolute Gasteiger partial charge is 1.00 e. The van der Waals surface area contributed by atoms with Gasteiger partial charge in [-0.3, -0.25) is 0 Å². The van der Waals surface area contributed by atoms with Crippen LogP contribution in [0.1, 0.15) is 20.3 Å². The van der Waals surface area contributed by atoms with Crippen LogP contribution in [0.15, 0.2) is 12.7 Å².